The fourth-order valence-corrected chi connectivity index (χ4v) is 2.10. The predicted molar refractivity (Wildman–Crippen MR) is 71.5 cm³/mol. The topological polar surface area (TPSA) is 70.5 Å². The number of hydrogen-bond acceptors (Lipinski definition) is 5. The molecule has 20 heavy (non-hydrogen) atoms. The molecule has 0 fully saturated rings. The van der Waals surface area contributed by atoms with Gasteiger partial charge in [-0.1, -0.05) is 5.16 Å². The average Bonchev–Trinajstić information content (AvgIpc) is 2.83. The third kappa shape index (κ3) is 2.17. The van der Waals surface area contributed by atoms with E-state index in [0.717, 1.165) is 0 Å². The molecule has 1 aromatic carbocycles. The molecule has 0 amide bonds. The van der Waals surface area contributed by atoms with Gasteiger partial charge in [-0.2, -0.15) is 0 Å². The number of aromatic nitrogens is 1. The summed E-state index contributed by atoms with van der Waals surface area (Å²) in [5.74, 6) is 1.72. The summed E-state index contributed by atoms with van der Waals surface area (Å²) in [5, 5.41) is 3.65. The first-order valence-corrected chi connectivity index (χ1v) is 6.31. The number of ether oxygens (including phenoxy) is 2. The molecule has 2 aromatic rings. The molecule has 0 bridgehead atoms. The maximum Gasteiger partial charge on any atom is 0.172 e. The third-order valence-electron chi connectivity index (χ3n) is 3.12. The second kappa shape index (κ2) is 4.40. The summed E-state index contributed by atoms with van der Waals surface area (Å²) in [7, 11) is 0. The summed E-state index contributed by atoms with van der Waals surface area (Å²) in [6.45, 7) is 3.83. The molecule has 2 heterocycles. The number of hydrogen-bond donors (Lipinski definition) is 1. The van der Waals surface area contributed by atoms with Crippen molar-refractivity contribution in [3.05, 3.63) is 23.8 Å². The second-order valence-corrected chi connectivity index (χ2v) is 5.14. The highest BCUT2D eigenvalue weighted by Gasteiger charge is 2.27. The SMILES string of the molecule is CC(C)(F)c1cc2c(c(-c3cc(N)no3)c1)OCCO2. The van der Waals surface area contributed by atoms with E-state index < -0.39 is 5.67 Å². The summed E-state index contributed by atoms with van der Waals surface area (Å²) in [6, 6.07) is 4.90. The molecule has 1 aromatic heterocycles. The molecule has 0 aliphatic carbocycles. The van der Waals surface area contributed by atoms with Crippen LogP contribution in [0.4, 0.5) is 10.2 Å². The van der Waals surface area contributed by atoms with Gasteiger partial charge in [-0.15, -0.1) is 0 Å². The zero-order chi connectivity index (χ0) is 14.3. The van der Waals surface area contributed by atoms with Gasteiger partial charge in [0.05, 0.1) is 5.56 Å². The van der Waals surface area contributed by atoms with E-state index in [9.17, 15) is 4.39 Å². The molecule has 5 nitrogen and oxygen atoms in total. The fourth-order valence-electron chi connectivity index (χ4n) is 2.10. The Morgan fingerprint density at radius 3 is 2.60 bits per heavy atom. The lowest BCUT2D eigenvalue weighted by Crippen LogP contribution is -2.18. The van der Waals surface area contributed by atoms with Crippen molar-refractivity contribution in [3.63, 3.8) is 0 Å². The molecule has 0 unspecified atom stereocenters. The van der Waals surface area contributed by atoms with Crippen molar-refractivity contribution < 1.29 is 18.4 Å². The van der Waals surface area contributed by atoms with Gasteiger partial charge in [0, 0.05) is 6.07 Å². The van der Waals surface area contributed by atoms with Crippen molar-refractivity contribution in [2.24, 2.45) is 0 Å². The van der Waals surface area contributed by atoms with Crippen molar-refractivity contribution in [1.29, 1.82) is 0 Å². The Morgan fingerprint density at radius 2 is 1.95 bits per heavy atom. The molecule has 0 atom stereocenters. The van der Waals surface area contributed by atoms with Crippen molar-refractivity contribution in [2.45, 2.75) is 19.5 Å². The number of nitrogen functional groups attached to an aromatic ring is 1. The molecule has 0 saturated carbocycles. The van der Waals surface area contributed by atoms with E-state index in [1.807, 2.05) is 0 Å². The first-order chi connectivity index (χ1) is 9.45. The van der Waals surface area contributed by atoms with E-state index in [4.69, 9.17) is 19.7 Å². The van der Waals surface area contributed by atoms with Crippen molar-refractivity contribution in [3.8, 4) is 22.8 Å². The van der Waals surface area contributed by atoms with Crippen LogP contribution >= 0.6 is 0 Å². The Hall–Kier alpha value is -2.24. The van der Waals surface area contributed by atoms with Crippen LogP contribution in [0.3, 0.4) is 0 Å². The van der Waals surface area contributed by atoms with Crippen LogP contribution in [0, 0.1) is 0 Å². The minimum absolute atomic E-state index is 0.260. The van der Waals surface area contributed by atoms with Gasteiger partial charge in [0.1, 0.15) is 18.9 Å². The lowest BCUT2D eigenvalue weighted by Gasteiger charge is -2.24. The lowest BCUT2D eigenvalue weighted by molar-refractivity contribution is 0.169. The number of rotatable bonds is 2. The number of alkyl halides is 1. The highest BCUT2D eigenvalue weighted by molar-refractivity contribution is 5.73. The molecular formula is C14H15FN2O3. The van der Waals surface area contributed by atoms with Gasteiger partial charge in [-0.05, 0) is 31.5 Å². The van der Waals surface area contributed by atoms with Gasteiger partial charge in [-0.25, -0.2) is 4.39 Å². The van der Waals surface area contributed by atoms with E-state index in [-0.39, 0.29) is 5.82 Å². The summed E-state index contributed by atoms with van der Waals surface area (Å²) < 4.78 is 30.5. The van der Waals surface area contributed by atoms with Gasteiger partial charge >= 0.3 is 0 Å². The van der Waals surface area contributed by atoms with Crippen LogP contribution in [0.15, 0.2) is 22.7 Å². The van der Waals surface area contributed by atoms with Crippen molar-refractivity contribution >= 4 is 5.82 Å². The Labute approximate surface area is 115 Å². The highest BCUT2D eigenvalue weighted by atomic mass is 19.1. The van der Waals surface area contributed by atoms with Gasteiger partial charge in [0.2, 0.25) is 0 Å². The van der Waals surface area contributed by atoms with E-state index >= 15 is 0 Å². The van der Waals surface area contributed by atoms with Crippen LogP contribution in [-0.2, 0) is 5.67 Å². The quantitative estimate of drug-likeness (QED) is 0.914. The van der Waals surface area contributed by atoms with Gasteiger partial charge in [-0.3, -0.25) is 0 Å². The van der Waals surface area contributed by atoms with E-state index in [2.05, 4.69) is 5.16 Å². The Balaban J connectivity index is 2.20. The van der Waals surface area contributed by atoms with Crippen molar-refractivity contribution in [1.82, 2.24) is 5.16 Å². The summed E-state index contributed by atoms with van der Waals surface area (Å²) in [5.41, 5.74) is 5.13. The molecule has 0 spiro atoms. The molecule has 1 aliphatic rings. The average molecular weight is 278 g/mol. The van der Waals surface area contributed by atoms with E-state index in [1.165, 1.54) is 13.8 Å². The van der Waals surface area contributed by atoms with Gasteiger partial charge in [0.15, 0.2) is 23.1 Å². The third-order valence-corrected chi connectivity index (χ3v) is 3.12. The first-order valence-electron chi connectivity index (χ1n) is 6.31. The zero-order valence-corrected chi connectivity index (χ0v) is 11.3. The van der Waals surface area contributed by atoms with Crippen LogP contribution < -0.4 is 15.2 Å². The van der Waals surface area contributed by atoms with Crippen molar-refractivity contribution in [2.75, 3.05) is 18.9 Å². The zero-order valence-electron chi connectivity index (χ0n) is 11.3. The molecular weight excluding hydrogens is 263 g/mol. The molecule has 2 N–H and O–H groups in total. The second-order valence-electron chi connectivity index (χ2n) is 5.14. The number of halogens is 1. The molecule has 106 valence electrons. The van der Waals surface area contributed by atoms with E-state index in [1.54, 1.807) is 18.2 Å². The van der Waals surface area contributed by atoms with E-state index in [0.29, 0.717) is 41.6 Å². The molecule has 1 aliphatic heterocycles. The van der Waals surface area contributed by atoms with Crippen LogP contribution in [0.5, 0.6) is 11.5 Å². The highest BCUT2D eigenvalue weighted by Crippen LogP contribution is 2.44. The summed E-state index contributed by atoms with van der Waals surface area (Å²) in [4.78, 5) is 0. The first kappa shape index (κ1) is 12.8. The Bertz CT molecular complexity index is 646. The molecule has 3 rings (SSSR count). The summed E-state index contributed by atoms with van der Waals surface area (Å²) >= 11 is 0. The molecule has 6 heteroatoms. The maximum atomic E-state index is 14.2. The normalized spacial score (nSPS) is 14.3. The van der Waals surface area contributed by atoms with Crippen LogP contribution in [0.2, 0.25) is 0 Å². The lowest BCUT2D eigenvalue weighted by atomic mass is 9.96. The number of nitrogens with zero attached hydrogens (tertiary/aromatic N) is 1. The Kier molecular flexibility index (Phi) is 2.81. The standard InChI is InChI=1S/C14H15FN2O3/c1-14(2,15)8-5-9(10-7-12(16)17-20-10)13-11(6-8)18-3-4-19-13/h5-7H,3-4H2,1-2H3,(H2,16,17). The number of benzene rings is 1. The predicted octanol–water partition coefficient (Wildman–Crippen LogP) is 2.90. The summed E-state index contributed by atoms with van der Waals surface area (Å²) in [6.07, 6.45) is 0. The number of nitrogens with two attached hydrogens (primary N) is 1. The Morgan fingerprint density at radius 1 is 1.20 bits per heavy atom. The van der Waals surface area contributed by atoms with Crippen LogP contribution in [-0.4, -0.2) is 18.4 Å². The minimum atomic E-state index is -1.50. The largest absolute Gasteiger partial charge is 0.486 e. The fraction of sp³-hybridized carbons (Fsp3) is 0.357. The molecule has 0 saturated heterocycles. The molecule has 0 radical (unpaired) electrons. The smallest absolute Gasteiger partial charge is 0.172 e. The van der Waals surface area contributed by atoms with Crippen LogP contribution in [0.25, 0.3) is 11.3 Å². The number of anilines is 1. The number of fused-ring (bicyclic) bond motifs is 1. The monoisotopic (exact) mass is 278 g/mol. The van der Waals surface area contributed by atoms with Gasteiger partial charge < -0.3 is 19.7 Å². The minimum Gasteiger partial charge on any atom is -0.486 e. The maximum absolute atomic E-state index is 14.2. The van der Waals surface area contributed by atoms with Gasteiger partial charge in [0.25, 0.3) is 0 Å². The van der Waals surface area contributed by atoms with Crippen LogP contribution in [0.1, 0.15) is 19.4 Å².